The van der Waals surface area contributed by atoms with E-state index in [0.717, 1.165) is 31.4 Å². The summed E-state index contributed by atoms with van der Waals surface area (Å²) >= 11 is 0. The molecule has 0 saturated heterocycles. The van der Waals surface area contributed by atoms with Crippen molar-refractivity contribution in [2.45, 2.75) is 38.3 Å². The van der Waals surface area contributed by atoms with Crippen molar-refractivity contribution in [2.24, 2.45) is 5.92 Å². The van der Waals surface area contributed by atoms with E-state index in [1.807, 2.05) is 0 Å². The Labute approximate surface area is 123 Å². The number of nitrogens with zero attached hydrogens (tertiary/aromatic N) is 1. The van der Waals surface area contributed by atoms with Crippen molar-refractivity contribution in [1.29, 1.82) is 0 Å². The molecule has 2 aliphatic rings. The van der Waals surface area contributed by atoms with E-state index in [2.05, 4.69) is 5.32 Å². The van der Waals surface area contributed by atoms with Crippen LogP contribution in [-0.2, 0) is 11.3 Å². The highest BCUT2D eigenvalue weighted by Crippen LogP contribution is 2.29. The number of benzene rings is 1. The molecule has 1 aromatic carbocycles. The van der Waals surface area contributed by atoms with E-state index in [-0.39, 0.29) is 18.5 Å². The van der Waals surface area contributed by atoms with E-state index in [4.69, 9.17) is 0 Å². The zero-order valence-corrected chi connectivity index (χ0v) is 11.9. The number of nitrogens with one attached hydrogen (secondary N) is 1. The van der Waals surface area contributed by atoms with E-state index in [0.29, 0.717) is 12.1 Å². The minimum absolute atomic E-state index is 0.00174. The molecule has 2 fully saturated rings. The van der Waals surface area contributed by atoms with Gasteiger partial charge in [0.15, 0.2) is 0 Å². The molecule has 0 atom stereocenters. The van der Waals surface area contributed by atoms with Crippen molar-refractivity contribution < 1.29 is 13.6 Å². The maximum atomic E-state index is 13.7. The summed E-state index contributed by atoms with van der Waals surface area (Å²) in [5.74, 6) is -0.449. The summed E-state index contributed by atoms with van der Waals surface area (Å²) in [5, 5.41) is 3.17. The first-order chi connectivity index (χ1) is 10.1. The molecule has 1 N–H and O–H groups in total. The fraction of sp³-hybridized carbons (Fsp3) is 0.562. The van der Waals surface area contributed by atoms with E-state index < -0.39 is 11.6 Å². The second-order valence-electron chi connectivity index (χ2n) is 6.06. The largest absolute Gasteiger partial charge is 0.334 e. The zero-order chi connectivity index (χ0) is 14.8. The predicted octanol–water partition coefficient (Wildman–Crippen LogP) is 2.46. The Morgan fingerprint density at radius 3 is 2.62 bits per heavy atom. The molecule has 3 nitrogen and oxygen atoms in total. The van der Waals surface area contributed by atoms with Gasteiger partial charge in [-0.25, -0.2) is 8.78 Å². The average molecular weight is 294 g/mol. The third-order valence-corrected chi connectivity index (χ3v) is 4.07. The Hall–Kier alpha value is -1.49. The standard InChI is InChI=1S/C16H20F2N2O/c17-13-4-3-12(15(18)7-13)10-20(14-5-6-14)16(21)9-19-8-11-1-2-11/h3-4,7,11,14,19H,1-2,5-6,8-10H2. The lowest BCUT2D eigenvalue weighted by Gasteiger charge is -2.23. The number of halogens is 2. The van der Waals surface area contributed by atoms with Crippen LogP contribution in [0.2, 0.25) is 0 Å². The van der Waals surface area contributed by atoms with Gasteiger partial charge in [-0.3, -0.25) is 4.79 Å². The first-order valence-electron chi connectivity index (χ1n) is 7.57. The second-order valence-corrected chi connectivity index (χ2v) is 6.06. The normalized spacial score (nSPS) is 17.8. The summed E-state index contributed by atoms with van der Waals surface area (Å²) in [6.45, 7) is 1.41. The quantitative estimate of drug-likeness (QED) is 0.838. The van der Waals surface area contributed by atoms with Crippen molar-refractivity contribution in [3.8, 4) is 0 Å². The van der Waals surface area contributed by atoms with Crippen LogP contribution in [-0.4, -0.2) is 29.9 Å². The minimum Gasteiger partial charge on any atom is -0.334 e. The van der Waals surface area contributed by atoms with Gasteiger partial charge in [-0.1, -0.05) is 6.07 Å². The van der Waals surface area contributed by atoms with Gasteiger partial charge in [-0.15, -0.1) is 0 Å². The molecule has 3 rings (SSSR count). The minimum atomic E-state index is -0.591. The molecule has 1 aromatic rings. The van der Waals surface area contributed by atoms with E-state index >= 15 is 0 Å². The van der Waals surface area contributed by atoms with Gasteiger partial charge >= 0.3 is 0 Å². The molecule has 114 valence electrons. The number of hydrogen-bond donors (Lipinski definition) is 1. The summed E-state index contributed by atoms with van der Waals surface area (Å²) in [6.07, 6.45) is 4.43. The lowest BCUT2D eigenvalue weighted by molar-refractivity contribution is -0.131. The number of amides is 1. The Morgan fingerprint density at radius 1 is 1.24 bits per heavy atom. The highest BCUT2D eigenvalue weighted by molar-refractivity contribution is 5.79. The molecule has 0 unspecified atom stereocenters. The summed E-state index contributed by atoms with van der Waals surface area (Å²) in [7, 11) is 0. The second kappa shape index (κ2) is 6.10. The molecule has 0 heterocycles. The van der Waals surface area contributed by atoms with Crippen molar-refractivity contribution in [3.05, 3.63) is 35.4 Å². The third-order valence-electron chi connectivity index (χ3n) is 4.07. The first kappa shape index (κ1) is 14.4. The van der Waals surface area contributed by atoms with Crippen LogP contribution in [0.25, 0.3) is 0 Å². The van der Waals surface area contributed by atoms with Crippen LogP contribution in [0, 0.1) is 17.6 Å². The van der Waals surface area contributed by atoms with Crippen molar-refractivity contribution in [2.75, 3.05) is 13.1 Å². The molecule has 0 bridgehead atoms. The molecule has 1 amide bonds. The van der Waals surface area contributed by atoms with Gasteiger partial charge in [0, 0.05) is 24.2 Å². The summed E-state index contributed by atoms with van der Waals surface area (Å²) in [4.78, 5) is 14.0. The molecule has 2 aliphatic carbocycles. The smallest absolute Gasteiger partial charge is 0.237 e. The lowest BCUT2D eigenvalue weighted by atomic mass is 10.2. The van der Waals surface area contributed by atoms with Crippen LogP contribution >= 0.6 is 0 Å². The number of rotatable bonds is 7. The SMILES string of the molecule is O=C(CNCC1CC1)N(Cc1ccc(F)cc1F)C1CC1. The Kier molecular flexibility index (Phi) is 4.19. The van der Waals surface area contributed by atoms with Crippen LogP contribution < -0.4 is 5.32 Å². The predicted molar refractivity (Wildman–Crippen MR) is 75.5 cm³/mol. The highest BCUT2D eigenvalue weighted by atomic mass is 19.1. The van der Waals surface area contributed by atoms with Gasteiger partial charge < -0.3 is 10.2 Å². The summed E-state index contributed by atoms with van der Waals surface area (Å²) in [6, 6.07) is 3.74. The van der Waals surface area contributed by atoms with Crippen LogP contribution in [0.5, 0.6) is 0 Å². The van der Waals surface area contributed by atoms with Gasteiger partial charge in [-0.2, -0.15) is 0 Å². The van der Waals surface area contributed by atoms with E-state index in [1.165, 1.54) is 25.0 Å². The van der Waals surface area contributed by atoms with Gasteiger partial charge in [0.1, 0.15) is 11.6 Å². The topological polar surface area (TPSA) is 32.3 Å². The van der Waals surface area contributed by atoms with Crippen LogP contribution in [0.4, 0.5) is 8.78 Å². The summed E-state index contributed by atoms with van der Waals surface area (Å²) < 4.78 is 26.7. The molecule has 0 aromatic heterocycles. The first-order valence-corrected chi connectivity index (χ1v) is 7.57. The van der Waals surface area contributed by atoms with Crippen LogP contribution in [0.1, 0.15) is 31.2 Å². The van der Waals surface area contributed by atoms with E-state index in [9.17, 15) is 13.6 Å². The molecule has 0 spiro atoms. The number of carbonyl (C=O) groups excluding carboxylic acids is 1. The monoisotopic (exact) mass is 294 g/mol. The fourth-order valence-electron chi connectivity index (χ4n) is 2.45. The van der Waals surface area contributed by atoms with Gasteiger partial charge in [0.25, 0.3) is 0 Å². The number of hydrogen-bond acceptors (Lipinski definition) is 2. The molecule has 5 heteroatoms. The van der Waals surface area contributed by atoms with Crippen molar-refractivity contribution in [3.63, 3.8) is 0 Å². The van der Waals surface area contributed by atoms with Crippen LogP contribution in [0.15, 0.2) is 18.2 Å². The molecule has 0 aliphatic heterocycles. The maximum absolute atomic E-state index is 13.7. The molecular weight excluding hydrogens is 274 g/mol. The van der Waals surface area contributed by atoms with Gasteiger partial charge in [0.2, 0.25) is 5.91 Å². The number of carbonyl (C=O) groups is 1. The van der Waals surface area contributed by atoms with Gasteiger partial charge in [-0.05, 0) is 44.2 Å². The maximum Gasteiger partial charge on any atom is 0.237 e. The van der Waals surface area contributed by atoms with Gasteiger partial charge in [0.05, 0.1) is 6.54 Å². The third kappa shape index (κ3) is 4.00. The van der Waals surface area contributed by atoms with Crippen LogP contribution in [0.3, 0.4) is 0 Å². The molecule has 21 heavy (non-hydrogen) atoms. The van der Waals surface area contributed by atoms with Crippen molar-refractivity contribution >= 4 is 5.91 Å². The Bertz CT molecular complexity index is 527. The molecule has 0 radical (unpaired) electrons. The molecular formula is C16H20F2N2O. The highest BCUT2D eigenvalue weighted by Gasteiger charge is 2.33. The molecule has 2 saturated carbocycles. The fourth-order valence-corrected chi connectivity index (χ4v) is 2.45. The van der Waals surface area contributed by atoms with Crippen molar-refractivity contribution in [1.82, 2.24) is 10.2 Å². The Balaban J connectivity index is 1.59. The zero-order valence-electron chi connectivity index (χ0n) is 11.9. The average Bonchev–Trinajstić information content (AvgIpc) is 3.31. The Morgan fingerprint density at radius 2 is 2.00 bits per heavy atom. The van der Waals surface area contributed by atoms with E-state index in [1.54, 1.807) is 4.90 Å². The summed E-state index contributed by atoms with van der Waals surface area (Å²) in [5.41, 5.74) is 0.374. The lowest BCUT2D eigenvalue weighted by Crippen LogP contribution is -2.39.